The molecule has 46 heavy (non-hydrogen) atoms. The first-order valence-corrected chi connectivity index (χ1v) is 15.1. The van der Waals surface area contributed by atoms with Crippen molar-refractivity contribution in [3.05, 3.63) is 157 Å². The van der Waals surface area contributed by atoms with Crippen molar-refractivity contribution >= 4 is 49.6 Å². The summed E-state index contributed by atoms with van der Waals surface area (Å²) in [7, 11) is 0. The van der Waals surface area contributed by atoms with Crippen molar-refractivity contribution in [2.75, 3.05) is 0 Å². The van der Waals surface area contributed by atoms with Crippen LogP contribution in [0.4, 0.5) is 5.69 Å². The third kappa shape index (κ3) is 4.09. The van der Waals surface area contributed by atoms with Crippen LogP contribution in [0.2, 0.25) is 0 Å². The lowest BCUT2D eigenvalue weighted by atomic mass is 10.0. The zero-order chi connectivity index (χ0) is 30.6. The lowest BCUT2D eigenvalue weighted by molar-refractivity contribution is 0.667. The van der Waals surface area contributed by atoms with Crippen LogP contribution in [0.25, 0.3) is 88.2 Å². The molecule has 0 unspecified atom stereocenters. The molecule has 6 aromatic carbocycles. The molecule has 0 aliphatic heterocycles. The van der Waals surface area contributed by atoms with E-state index < -0.39 is 0 Å². The Balaban J connectivity index is 1.21. The minimum absolute atomic E-state index is 0.580. The first-order valence-electron chi connectivity index (χ1n) is 15.1. The minimum Gasteiger partial charge on any atom is -0.452 e. The highest BCUT2D eigenvalue weighted by Crippen LogP contribution is 2.38. The van der Waals surface area contributed by atoms with E-state index in [0.29, 0.717) is 17.1 Å². The van der Waals surface area contributed by atoms with E-state index in [0.717, 1.165) is 50.1 Å². The Bertz CT molecular complexity index is 2590. The molecule has 0 spiro atoms. The van der Waals surface area contributed by atoms with E-state index in [1.54, 1.807) is 12.1 Å². The normalized spacial score (nSPS) is 11.5. The number of nitrogens with zero attached hydrogens (tertiary/aromatic N) is 4. The van der Waals surface area contributed by atoms with Crippen molar-refractivity contribution < 1.29 is 4.42 Å². The molecule has 3 heterocycles. The molecule has 0 fully saturated rings. The predicted molar refractivity (Wildman–Crippen MR) is 186 cm³/mol. The molecule has 0 radical (unpaired) electrons. The Kier molecular flexibility index (Phi) is 5.81. The van der Waals surface area contributed by atoms with Crippen LogP contribution in [-0.2, 0) is 0 Å². The first kappa shape index (κ1) is 25.9. The van der Waals surface area contributed by atoms with Gasteiger partial charge >= 0.3 is 0 Å². The summed E-state index contributed by atoms with van der Waals surface area (Å²) in [6.07, 6.45) is 0. The van der Waals surface area contributed by atoms with Gasteiger partial charge in [-0.2, -0.15) is 0 Å². The largest absolute Gasteiger partial charge is 0.452 e. The molecular weight excluding hydrogens is 564 g/mol. The number of furan rings is 1. The van der Waals surface area contributed by atoms with E-state index in [-0.39, 0.29) is 0 Å². The number of para-hydroxylation sites is 2. The lowest BCUT2D eigenvalue weighted by Gasteiger charge is -2.10. The standard InChI is InChI=1S/C41H24N4O/c1-42-30-21-18-27(19-22-30)41-43-38(26-10-3-2-4-11-26)40-39(44-41)34-23-20-29(25-37(34)46-40)28-12-9-13-31(24-28)45-35-16-7-5-14-32(35)33-15-6-8-17-36(33)45/h2-25H. The minimum atomic E-state index is 0.580. The predicted octanol–water partition coefficient (Wildman–Crippen LogP) is 11.0. The van der Waals surface area contributed by atoms with Gasteiger partial charge in [-0.15, -0.1) is 0 Å². The maximum absolute atomic E-state index is 7.31. The molecule has 5 heteroatoms. The number of benzene rings is 6. The van der Waals surface area contributed by atoms with Crippen molar-refractivity contribution in [2.45, 2.75) is 0 Å². The molecule has 0 saturated carbocycles. The van der Waals surface area contributed by atoms with Crippen LogP contribution < -0.4 is 0 Å². The average Bonchev–Trinajstić information content (AvgIpc) is 3.67. The monoisotopic (exact) mass is 588 g/mol. The van der Waals surface area contributed by atoms with Crippen LogP contribution in [0, 0.1) is 6.57 Å². The van der Waals surface area contributed by atoms with Gasteiger partial charge in [0.25, 0.3) is 0 Å². The maximum Gasteiger partial charge on any atom is 0.187 e. The number of aromatic nitrogens is 3. The van der Waals surface area contributed by atoms with E-state index in [1.165, 1.54) is 21.8 Å². The summed E-state index contributed by atoms with van der Waals surface area (Å²) in [5.74, 6) is 0.591. The van der Waals surface area contributed by atoms with Gasteiger partial charge < -0.3 is 8.98 Å². The van der Waals surface area contributed by atoms with E-state index in [9.17, 15) is 0 Å². The van der Waals surface area contributed by atoms with Crippen molar-refractivity contribution in [1.82, 2.24) is 14.5 Å². The zero-order valence-corrected chi connectivity index (χ0v) is 24.6. The van der Waals surface area contributed by atoms with Gasteiger partial charge in [0.05, 0.1) is 17.6 Å². The second-order valence-corrected chi connectivity index (χ2v) is 11.3. The molecule has 0 saturated heterocycles. The molecule has 0 amide bonds. The van der Waals surface area contributed by atoms with Gasteiger partial charge in [-0.3, -0.25) is 0 Å². The summed E-state index contributed by atoms with van der Waals surface area (Å²) < 4.78 is 8.91. The topological polar surface area (TPSA) is 48.2 Å². The smallest absolute Gasteiger partial charge is 0.187 e. The Morgan fingerprint density at radius 1 is 0.543 bits per heavy atom. The second-order valence-electron chi connectivity index (χ2n) is 11.3. The lowest BCUT2D eigenvalue weighted by Crippen LogP contribution is -1.94. The molecule has 5 nitrogen and oxygen atoms in total. The van der Waals surface area contributed by atoms with Gasteiger partial charge in [0.1, 0.15) is 16.8 Å². The molecule has 0 atom stereocenters. The number of fused-ring (bicyclic) bond motifs is 6. The van der Waals surface area contributed by atoms with Crippen molar-refractivity contribution in [3.63, 3.8) is 0 Å². The maximum atomic E-state index is 7.31. The average molecular weight is 589 g/mol. The Morgan fingerprint density at radius 3 is 1.93 bits per heavy atom. The van der Waals surface area contributed by atoms with Crippen LogP contribution >= 0.6 is 0 Å². The van der Waals surface area contributed by atoms with E-state index >= 15 is 0 Å². The molecule has 214 valence electrons. The van der Waals surface area contributed by atoms with Gasteiger partial charge in [0, 0.05) is 33.0 Å². The second kappa shape index (κ2) is 10.3. The quantitative estimate of drug-likeness (QED) is 0.192. The molecule has 9 aromatic rings. The first-order chi connectivity index (χ1) is 22.7. The van der Waals surface area contributed by atoms with Gasteiger partial charge in [-0.25, -0.2) is 14.8 Å². The highest BCUT2D eigenvalue weighted by atomic mass is 16.3. The highest BCUT2D eigenvalue weighted by molar-refractivity contribution is 6.10. The number of rotatable bonds is 4. The van der Waals surface area contributed by atoms with Crippen LogP contribution in [0.1, 0.15) is 0 Å². The fraction of sp³-hybridized carbons (Fsp3) is 0. The molecular formula is C41H24N4O. The van der Waals surface area contributed by atoms with Crippen LogP contribution in [0.3, 0.4) is 0 Å². The fourth-order valence-corrected chi connectivity index (χ4v) is 6.45. The number of hydrogen-bond acceptors (Lipinski definition) is 3. The van der Waals surface area contributed by atoms with Crippen molar-refractivity contribution in [1.29, 1.82) is 0 Å². The van der Waals surface area contributed by atoms with Crippen molar-refractivity contribution in [3.8, 4) is 39.5 Å². The molecule has 0 bridgehead atoms. The van der Waals surface area contributed by atoms with Crippen molar-refractivity contribution in [2.24, 2.45) is 0 Å². The third-order valence-corrected chi connectivity index (χ3v) is 8.63. The fourth-order valence-electron chi connectivity index (χ4n) is 6.45. The van der Waals surface area contributed by atoms with Gasteiger partial charge in [0.15, 0.2) is 17.1 Å². The third-order valence-electron chi connectivity index (χ3n) is 8.63. The zero-order valence-electron chi connectivity index (χ0n) is 24.6. The summed E-state index contributed by atoms with van der Waals surface area (Å²) in [5, 5.41) is 3.41. The van der Waals surface area contributed by atoms with E-state index in [4.69, 9.17) is 21.0 Å². The number of hydrogen-bond donors (Lipinski definition) is 0. The molecule has 0 aliphatic carbocycles. The van der Waals surface area contributed by atoms with Crippen LogP contribution in [0.5, 0.6) is 0 Å². The SMILES string of the molecule is [C-]#[N+]c1ccc(-c2nc(-c3ccccc3)c3oc4cc(-c5cccc(-n6c7ccccc7c7ccccc76)c5)ccc4c3n2)cc1. The molecule has 3 aromatic heterocycles. The summed E-state index contributed by atoms with van der Waals surface area (Å²) in [5.41, 5.74) is 10.9. The van der Waals surface area contributed by atoms with Gasteiger partial charge in [-0.1, -0.05) is 109 Å². The van der Waals surface area contributed by atoms with Gasteiger partial charge in [-0.05, 0) is 47.5 Å². The highest BCUT2D eigenvalue weighted by Gasteiger charge is 2.19. The summed E-state index contributed by atoms with van der Waals surface area (Å²) in [6, 6.07) is 49.6. The van der Waals surface area contributed by atoms with E-state index in [2.05, 4.69) is 100 Å². The molecule has 9 rings (SSSR count). The summed E-state index contributed by atoms with van der Waals surface area (Å²) in [6.45, 7) is 7.31. The Morgan fingerprint density at radius 2 is 1.20 bits per heavy atom. The molecule has 0 N–H and O–H groups in total. The van der Waals surface area contributed by atoms with Crippen LogP contribution in [-0.4, -0.2) is 14.5 Å². The summed E-state index contributed by atoms with van der Waals surface area (Å²) in [4.78, 5) is 13.5. The Hall–Kier alpha value is -6.51. The van der Waals surface area contributed by atoms with Gasteiger partial charge in [0.2, 0.25) is 0 Å². The van der Waals surface area contributed by atoms with E-state index in [1.807, 2.05) is 42.5 Å². The van der Waals surface area contributed by atoms with Crippen LogP contribution in [0.15, 0.2) is 150 Å². The molecule has 0 aliphatic rings. The Labute approximate surface area is 264 Å². The summed E-state index contributed by atoms with van der Waals surface area (Å²) >= 11 is 0.